The van der Waals surface area contributed by atoms with Gasteiger partial charge in [0.1, 0.15) is 17.9 Å². The highest BCUT2D eigenvalue weighted by atomic mass is 16.5. The third-order valence-corrected chi connectivity index (χ3v) is 2.62. The maximum absolute atomic E-state index is 8.39. The van der Waals surface area contributed by atoms with Gasteiger partial charge in [0.15, 0.2) is 5.82 Å². The molecule has 0 fully saturated rings. The number of nitrogens with two attached hydrogens (primary N) is 1. The molecule has 0 aromatic carbocycles. The fraction of sp³-hybridized carbons (Fsp3) is 0.364. The van der Waals surface area contributed by atoms with Crippen LogP contribution in [0.25, 0.3) is 5.52 Å². The quantitative estimate of drug-likeness (QED) is 0.797. The zero-order valence-corrected chi connectivity index (χ0v) is 9.50. The molecule has 88 valence electrons. The molecule has 0 radical (unpaired) electrons. The summed E-state index contributed by atoms with van der Waals surface area (Å²) in [6, 6.07) is 3.85. The molecule has 0 aliphatic carbocycles. The van der Waals surface area contributed by atoms with Crippen LogP contribution in [0.2, 0.25) is 0 Å². The molecule has 2 N–H and O–H groups in total. The zero-order valence-electron chi connectivity index (χ0n) is 9.50. The van der Waals surface area contributed by atoms with Crippen molar-refractivity contribution < 1.29 is 4.74 Å². The third kappa shape index (κ3) is 2.28. The van der Waals surface area contributed by atoms with Gasteiger partial charge in [-0.1, -0.05) is 0 Å². The van der Waals surface area contributed by atoms with Gasteiger partial charge in [-0.15, -0.1) is 0 Å². The van der Waals surface area contributed by atoms with Crippen molar-refractivity contribution in [1.82, 2.24) is 14.6 Å². The number of nitrogens with zero attached hydrogens (tertiary/aromatic N) is 4. The van der Waals surface area contributed by atoms with Crippen LogP contribution in [0.1, 0.15) is 19.0 Å². The van der Waals surface area contributed by atoms with E-state index in [1.807, 2.05) is 19.1 Å². The summed E-state index contributed by atoms with van der Waals surface area (Å²) in [4.78, 5) is 3.92. The second-order valence-electron chi connectivity index (χ2n) is 3.83. The molecule has 2 rings (SSSR count). The van der Waals surface area contributed by atoms with Crippen LogP contribution in [0.15, 0.2) is 18.5 Å². The first-order valence-corrected chi connectivity index (χ1v) is 5.34. The van der Waals surface area contributed by atoms with E-state index in [2.05, 4.69) is 10.1 Å². The van der Waals surface area contributed by atoms with Crippen LogP contribution in [-0.2, 0) is 11.2 Å². The lowest BCUT2D eigenvalue weighted by Gasteiger charge is -2.07. The number of rotatable bonds is 4. The van der Waals surface area contributed by atoms with E-state index in [4.69, 9.17) is 15.7 Å². The predicted molar refractivity (Wildman–Crippen MR) is 61.9 cm³/mol. The van der Waals surface area contributed by atoms with E-state index in [1.165, 1.54) is 6.33 Å². The molecule has 0 spiro atoms. The van der Waals surface area contributed by atoms with Crippen LogP contribution in [0.5, 0.6) is 0 Å². The minimum Gasteiger partial charge on any atom is -0.424 e. The number of hydrogen-bond acceptors (Lipinski definition) is 5. The SMILES string of the molecule is CC(CCc1ccc2c(N)ncnn12)OC#N. The van der Waals surface area contributed by atoms with E-state index in [0.717, 1.165) is 24.1 Å². The van der Waals surface area contributed by atoms with E-state index in [-0.39, 0.29) is 6.10 Å². The molecule has 6 heteroatoms. The average molecular weight is 231 g/mol. The Balaban J connectivity index is 2.15. The van der Waals surface area contributed by atoms with Gasteiger partial charge < -0.3 is 10.5 Å². The Morgan fingerprint density at radius 3 is 3.18 bits per heavy atom. The molecule has 0 saturated carbocycles. The fourth-order valence-corrected chi connectivity index (χ4v) is 1.70. The van der Waals surface area contributed by atoms with Gasteiger partial charge >= 0.3 is 0 Å². The van der Waals surface area contributed by atoms with Crippen LogP contribution < -0.4 is 5.73 Å². The van der Waals surface area contributed by atoms with Crippen molar-refractivity contribution in [3.05, 3.63) is 24.2 Å². The highest BCUT2D eigenvalue weighted by Gasteiger charge is 2.08. The zero-order chi connectivity index (χ0) is 12.3. The van der Waals surface area contributed by atoms with E-state index in [9.17, 15) is 0 Å². The van der Waals surface area contributed by atoms with Gasteiger partial charge in [-0.05, 0) is 31.9 Å². The lowest BCUT2D eigenvalue weighted by Crippen LogP contribution is -2.08. The minimum absolute atomic E-state index is 0.0928. The van der Waals surface area contributed by atoms with Gasteiger partial charge in [-0.3, -0.25) is 0 Å². The van der Waals surface area contributed by atoms with Crippen LogP contribution in [0.4, 0.5) is 5.82 Å². The van der Waals surface area contributed by atoms with E-state index < -0.39 is 0 Å². The molecule has 0 saturated heterocycles. The second kappa shape index (κ2) is 4.70. The number of anilines is 1. The maximum Gasteiger partial charge on any atom is 0.286 e. The Hall–Kier alpha value is -2.29. The summed E-state index contributed by atoms with van der Waals surface area (Å²) >= 11 is 0. The highest BCUT2D eigenvalue weighted by molar-refractivity contribution is 5.65. The number of aromatic nitrogens is 3. The summed E-state index contributed by atoms with van der Waals surface area (Å²) in [5.74, 6) is 0.465. The molecule has 0 amide bonds. The molecule has 6 nitrogen and oxygen atoms in total. The second-order valence-corrected chi connectivity index (χ2v) is 3.83. The molecule has 0 aliphatic rings. The van der Waals surface area contributed by atoms with Crippen molar-refractivity contribution in [1.29, 1.82) is 5.26 Å². The lowest BCUT2D eigenvalue weighted by molar-refractivity contribution is 0.170. The minimum atomic E-state index is -0.0928. The van der Waals surface area contributed by atoms with Gasteiger partial charge in [-0.25, -0.2) is 9.50 Å². The Bertz CT molecular complexity index is 556. The molecule has 0 aliphatic heterocycles. The lowest BCUT2D eigenvalue weighted by atomic mass is 10.2. The maximum atomic E-state index is 8.39. The van der Waals surface area contributed by atoms with Crippen molar-refractivity contribution in [2.75, 3.05) is 5.73 Å². The van der Waals surface area contributed by atoms with Crippen molar-refractivity contribution >= 4 is 11.3 Å². The van der Waals surface area contributed by atoms with Crippen LogP contribution >= 0.6 is 0 Å². The Labute approximate surface area is 98.6 Å². The Morgan fingerprint density at radius 1 is 1.59 bits per heavy atom. The predicted octanol–water partition coefficient (Wildman–Crippen LogP) is 1.13. The van der Waals surface area contributed by atoms with Gasteiger partial charge in [-0.2, -0.15) is 10.4 Å². The monoisotopic (exact) mass is 231 g/mol. The number of ether oxygens (including phenoxy) is 1. The van der Waals surface area contributed by atoms with Crippen LogP contribution in [-0.4, -0.2) is 20.7 Å². The van der Waals surface area contributed by atoms with Crippen molar-refractivity contribution in [2.24, 2.45) is 0 Å². The molecular weight excluding hydrogens is 218 g/mol. The summed E-state index contributed by atoms with van der Waals surface area (Å²) in [7, 11) is 0. The summed E-state index contributed by atoms with van der Waals surface area (Å²) in [6.45, 7) is 1.86. The molecule has 17 heavy (non-hydrogen) atoms. The highest BCUT2D eigenvalue weighted by Crippen LogP contribution is 2.15. The molecule has 2 heterocycles. The molecule has 1 unspecified atom stereocenters. The fourth-order valence-electron chi connectivity index (χ4n) is 1.70. The molecule has 2 aromatic heterocycles. The normalized spacial score (nSPS) is 12.2. The van der Waals surface area contributed by atoms with Gasteiger partial charge in [0, 0.05) is 5.69 Å². The molecule has 0 bridgehead atoms. The van der Waals surface area contributed by atoms with E-state index in [0.29, 0.717) is 5.82 Å². The van der Waals surface area contributed by atoms with Gasteiger partial charge in [0.2, 0.25) is 0 Å². The van der Waals surface area contributed by atoms with Crippen molar-refractivity contribution in [3.8, 4) is 6.26 Å². The number of hydrogen-bond donors (Lipinski definition) is 1. The summed E-state index contributed by atoms with van der Waals surface area (Å²) in [6.07, 6.45) is 4.56. The first-order valence-electron chi connectivity index (χ1n) is 5.34. The van der Waals surface area contributed by atoms with E-state index >= 15 is 0 Å². The smallest absolute Gasteiger partial charge is 0.286 e. The third-order valence-electron chi connectivity index (χ3n) is 2.62. The standard InChI is InChI=1S/C11H13N5O/c1-8(17-6-12)2-3-9-4-5-10-11(13)14-7-15-16(9)10/h4-5,7-8H,2-3H2,1H3,(H2,13,14,15). The summed E-state index contributed by atoms with van der Waals surface area (Å²) in [5, 5.41) is 12.5. The number of aryl methyl sites for hydroxylation is 1. The first-order chi connectivity index (χ1) is 8.22. The number of nitrogen functional groups attached to an aromatic ring is 1. The topological polar surface area (TPSA) is 89.2 Å². The summed E-state index contributed by atoms with van der Waals surface area (Å²) < 4.78 is 6.58. The molecule has 2 aromatic rings. The molecule has 1 atom stereocenters. The van der Waals surface area contributed by atoms with Crippen molar-refractivity contribution in [2.45, 2.75) is 25.9 Å². The first kappa shape index (κ1) is 11.2. The largest absolute Gasteiger partial charge is 0.424 e. The van der Waals surface area contributed by atoms with Crippen LogP contribution in [0.3, 0.4) is 0 Å². The van der Waals surface area contributed by atoms with Crippen molar-refractivity contribution in [3.63, 3.8) is 0 Å². The Kier molecular flexibility index (Phi) is 3.10. The average Bonchev–Trinajstić information content (AvgIpc) is 2.72. The Morgan fingerprint density at radius 2 is 2.41 bits per heavy atom. The van der Waals surface area contributed by atoms with Gasteiger partial charge in [0.25, 0.3) is 6.26 Å². The van der Waals surface area contributed by atoms with Gasteiger partial charge in [0.05, 0.1) is 0 Å². The number of fused-ring (bicyclic) bond motifs is 1. The number of nitriles is 1. The summed E-state index contributed by atoms with van der Waals surface area (Å²) in [5.41, 5.74) is 7.57. The van der Waals surface area contributed by atoms with E-state index in [1.54, 1.807) is 10.8 Å². The van der Waals surface area contributed by atoms with Crippen LogP contribution in [0, 0.1) is 11.5 Å². The molecular formula is C11H13N5O.